The molecule has 0 aliphatic carbocycles. The van der Waals surface area contributed by atoms with Gasteiger partial charge in [-0.3, -0.25) is 37.3 Å². The lowest BCUT2D eigenvalue weighted by Crippen LogP contribution is -2.30. The first-order valence-electron chi connectivity index (χ1n) is 43.3. The van der Waals surface area contributed by atoms with Crippen molar-refractivity contribution >= 4 is 39.5 Å². The molecule has 103 heavy (non-hydrogen) atoms. The van der Waals surface area contributed by atoms with E-state index in [-0.39, 0.29) is 25.7 Å². The molecule has 0 heterocycles. The number of esters is 4. The van der Waals surface area contributed by atoms with Gasteiger partial charge in [0.25, 0.3) is 0 Å². The Hall–Kier alpha value is -1.94. The number of phosphoric ester groups is 2. The third-order valence-corrected chi connectivity index (χ3v) is 21.5. The Labute approximate surface area is 632 Å². The zero-order chi connectivity index (χ0) is 75.8. The van der Waals surface area contributed by atoms with Crippen LogP contribution in [-0.4, -0.2) is 96.7 Å². The lowest BCUT2D eigenvalue weighted by Gasteiger charge is -2.21. The van der Waals surface area contributed by atoms with Crippen LogP contribution in [-0.2, 0) is 65.4 Å². The largest absolute Gasteiger partial charge is 0.472 e. The van der Waals surface area contributed by atoms with Crippen LogP contribution in [0.4, 0.5) is 0 Å². The Morgan fingerprint density at radius 2 is 0.447 bits per heavy atom. The molecule has 0 amide bonds. The maximum absolute atomic E-state index is 13.1. The molecule has 2 unspecified atom stereocenters. The third-order valence-electron chi connectivity index (χ3n) is 19.6. The zero-order valence-corrected chi connectivity index (χ0v) is 69.6. The van der Waals surface area contributed by atoms with Crippen LogP contribution in [0.2, 0.25) is 0 Å². The lowest BCUT2D eigenvalue weighted by molar-refractivity contribution is -0.161. The fourth-order valence-corrected chi connectivity index (χ4v) is 14.6. The van der Waals surface area contributed by atoms with Crippen LogP contribution in [0.25, 0.3) is 0 Å². The van der Waals surface area contributed by atoms with Gasteiger partial charge in [-0.05, 0) is 43.4 Å². The summed E-state index contributed by atoms with van der Waals surface area (Å²) in [7, 11) is -9.92. The van der Waals surface area contributed by atoms with Crippen molar-refractivity contribution in [2.45, 2.75) is 458 Å². The Morgan fingerprint density at radius 3 is 0.660 bits per heavy atom. The average Bonchev–Trinajstić information content (AvgIpc) is 0.915. The molecule has 0 aliphatic rings. The molecule has 0 rings (SSSR count). The van der Waals surface area contributed by atoms with E-state index in [1.54, 1.807) is 0 Å². The normalized spacial score (nSPS) is 13.9. The summed E-state index contributed by atoms with van der Waals surface area (Å²) >= 11 is 0. The summed E-state index contributed by atoms with van der Waals surface area (Å²) in [5.41, 5.74) is 0. The Balaban J connectivity index is 5.22. The van der Waals surface area contributed by atoms with Crippen LogP contribution < -0.4 is 0 Å². The molecule has 0 fully saturated rings. The van der Waals surface area contributed by atoms with Gasteiger partial charge >= 0.3 is 39.5 Å². The molecule has 0 aromatic carbocycles. The molecule has 0 aliphatic heterocycles. The number of aliphatic hydroxyl groups excluding tert-OH is 1. The van der Waals surface area contributed by atoms with E-state index in [4.69, 9.17) is 37.0 Å². The predicted molar refractivity (Wildman–Crippen MR) is 423 cm³/mol. The number of rotatable bonds is 82. The topological polar surface area (TPSA) is 237 Å². The van der Waals surface area contributed by atoms with Crippen molar-refractivity contribution in [2.24, 2.45) is 17.8 Å². The van der Waals surface area contributed by atoms with Gasteiger partial charge in [0.15, 0.2) is 12.2 Å². The first-order valence-corrected chi connectivity index (χ1v) is 46.3. The van der Waals surface area contributed by atoms with E-state index in [9.17, 15) is 43.2 Å². The standard InChI is InChI=1S/C84H164O17P2/c1-8-9-10-11-12-13-14-15-16-17-18-22-28-33-38-43-51-58-65-81(86)94-71-79(100-83(88)67-60-53-44-39-34-29-23-20-19-21-26-31-36-41-48-55-62-75(2)3)73-98-102(90,91)96-69-78(85)70-97-103(92,93)99-74-80(72-95-82(87)66-59-52-47-46-50-57-64-77(6)7)101-84(89)68-61-54-45-40-35-30-25-24-27-32-37-42-49-56-63-76(4)5/h75-80,85H,8-74H2,1-7H3,(H,90,91)(H,92,93)/t78-,79-,80-/m1/s1. The number of unbranched alkanes of at least 4 members (excludes halogenated alkanes) is 50. The van der Waals surface area contributed by atoms with Gasteiger partial charge in [-0.1, -0.05) is 389 Å². The van der Waals surface area contributed by atoms with Gasteiger partial charge in [0.05, 0.1) is 26.4 Å². The molecule has 0 bridgehead atoms. The summed E-state index contributed by atoms with van der Waals surface area (Å²) in [5, 5.41) is 10.7. The number of ether oxygens (including phenoxy) is 4. The molecule has 3 N–H and O–H groups in total. The summed E-state index contributed by atoms with van der Waals surface area (Å²) in [4.78, 5) is 73.1. The second-order valence-electron chi connectivity index (χ2n) is 31.6. The van der Waals surface area contributed by atoms with Crippen LogP contribution in [0.5, 0.6) is 0 Å². The van der Waals surface area contributed by atoms with E-state index in [2.05, 4.69) is 48.5 Å². The minimum absolute atomic E-state index is 0.106. The van der Waals surface area contributed by atoms with Gasteiger partial charge in [-0.25, -0.2) is 9.13 Å². The van der Waals surface area contributed by atoms with Gasteiger partial charge in [-0.2, -0.15) is 0 Å². The smallest absolute Gasteiger partial charge is 0.462 e. The summed E-state index contributed by atoms with van der Waals surface area (Å²) < 4.78 is 68.8. The quantitative estimate of drug-likeness (QED) is 0.0222. The molecule has 612 valence electrons. The Kier molecular flexibility index (Phi) is 72.8. The van der Waals surface area contributed by atoms with Crippen molar-refractivity contribution in [3.8, 4) is 0 Å². The molecular formula is C84H164O17P2. The van der Waals surface area contributed by atoms with Crippen molar-refractivity contribution < 1.29 is 80.2 Å². The van der Waals surface area contributed by atoms with Crippen molar-refractivity contribution in [2.75, 3.05) is 39.6 Å². The van der Waals surface area contributed by atoms with E-state index in [0.717, 1.165) is 108 Å². The van der Waals surface area contributed by atoms with Gasteiger partial charge < -0.3 is 33.8 Å². The van der Waals surface area contributed by atoms with Gasteiger partial charge in [0.2, 0.25) is 0 Å². The van der Waals surface area contributed by atoms with Crippen LogP contribution in [0.1, 0.15) is 440 Å². The highest BCUT2D eigenvalue weighted by molar-refractivity contribution is 7.47. The number of hydrogen-bond donors (Lipinski definition) is 3. The Morgan fingerprint density at radius 1 is 0.262 bits per heavy atom. The maximum Gasteiger partial charge on any atom is 0.472 e. The first-order chi connectivity index (χ1) is 49.7. The van der Waals surface area contributed by atoms with E-state index < -0.39 is 97.5 Å². The lowest BCUT2D eigenvalue weighted by atomic mass is 10.0. The summed E-state index contributed by atoms with van der Waals surface area (Å²) in [6.45, 7) is 11.9. The van der Waals surface area contributed by atoms with Gasteiger partial charge in [-0.15, -0.1) is 0 Å². The Bertz CT molecular complexity index is 1990. The number of aliphatic hydroxyl groups is 1. The van der Waals surface area contributed by atoms with Crippen LogP contribution in [0.15, 0.2) is 0 Å². The second kappa shape index (κ2) is 74.2. The first kappa shape index (κ1) is 101. The highest BCUT2D eigenvalue weighted by Gasteiger charge is 2.30. The summed E-state index contributed by atoms with van der Waals surface area (Å²) in [6, 6.07) is 0. The minimum Gasteiger partial charge on any atom is -0.462 e. The SMILES string of the molecule is CCCCCCCCCCCCCCCCCCCCC(=O)OC[C@H](COP(=O)(O)OC[C@@H](O)COP(=O)(O)OC[C@@H](COC(=O)CCCCCCCCC(C)C)OC(=O)CCCCCCCCCCCCCCCCC(C)C)OC(=O)CCCCCCCCCCCCCCCCCCC(C)C. The van der Waals surface area contributed by atoms with Crippen molar-refractivity contribution in [3.63, 3.8) is 0 Å². The van der Waals surface area contributed by atoms with Gasteiger partial charge in [0.1, 0.15) is 19.3 Å². The number of carbonyl (C=O) groups excluding carboxylic acids is 4. The molecule has 0 aromatic rings. The minimum atomic E-state index is -4.96. The summed E-state index contributed by atoms with van der Waals surface area (Å²) in [5.74, 6) is 0.175. The fourth-order valence-electron chi connectivity index (χ4n) is 13.0. The van der Waals surface area contributed by atoms with E-state index in [1.165, 1.54) is 244 Å². The maximum atomic E-state index is 13.1. The van der Waals surface area contributed by atoms with E-state index in [0.29, 0.717) is 31.6 Å². The van der Waals surface area contributed by atoms with Crippen LogP contribution >= 0.6 is 15.6 Å². The molecular weight excluding hydrogens is 1340 g/mol. The molecule has 0 aromatic heterocycles. The number of hydrogen-bond acceptors (Lipinski definition) is 15. The predicted octanol–water partition coefficient (Wildman–Crippen LogP) is 25.3. The molecule has 5 atom stereocenters. The number of carbonyl (C=O) groups is 4. The van der Waals surface area contributed by atoms with Crippen molar-refractivity contribution in [3.05, 3.63) is 0 Å². The molecule has 19 heteroatoms. The third kappa shape index (κ3) is 78.0. The zero-order valence-electron chi connectivity index (χ0n) is 67.8. The number of phosphoric acid groups is 2. The molecule has 0 radical (unpaired) electrons. The van der Waals surface area contributed by atoms with Crippen molar-refractivity contribution in [1.82, 2.24) is 0 Å². The second-order valence-corrected chi connectivity index (χ2v) is 34.6. The molecule has 0 saturated carbocycles. The monoisotopic (exact) mass is 1510 g/mol. The highest BCUT2D eigenvalue weighted by Crippen LogP contribution is 2.45. The van der Waals surface area contributed by atoms with Crippen LogP contribution in [0.3, 0.4) is 0 Å². The highest BCUT2D eigenvalue weighted by atomic mass is 31.2. The fraction of sp³-hybridized carbons (Fsp3) is 0.952. The van der Waals surface area contributed by atoms with E-state index in [1.807, 2.05) is 0 Å². The van der Waals surface area contributed by atoms with Gasteiger partial charge in [0, 0.05) is 25.7 Å². The molecule has 17 nitrogen and oxygen atoms in total. The molecule has 0 saturated heterocycles. The molecule has 0 spiro atoms. The summed E-state index contributed by atoms with van der Waals surface area (Å²) in [6.07, 6.45) is 64.0. The van der Waals surface area contributed by atoms with Crippen molar-refractivity contribution in [1.29, 1.82) is 0 Å². The van der Waals surface area contributed by atoms with Crippen LogP contribution in [0, 0.1) is 17.8 Å². The van der Waals surface area contributed by atoms with E-state index >= 15 is 0 Å². The average molecular weight is 1510 g/mol.